The van der Waals surface area contributed by atoms with Crippen LogP contribution in [0.2, 0.25) is 0 Å². The third-order valence-electron chi connectivity index (χ3n) is 5.27. The maximum absolute atomic E-state index is 12.5. The van der Waals surface area contributed by atoms with Crippen molar-refractivity contribution in [2.24, 2.45) is 10.8 Å². The number of Topliss-reactive ketones (excluding diaryl/α,β-unsaturated/α-hetero) is 2. The van der Waals surface area contributed by atoms with Gasteiger partial charge < -0.3 is 10.2 Å². The summed E-state index contributed by atoms with van der Waals surface area (Å²) in [6.07, 6.45) is 3.00. The SMILES string of the molecule is CC1=C2C(=O)[C@](C)(CO)C=C2C(=O)[C@](C)(O)C12CC2. The van der Waals surface area contributed by atoms with Crippen molar-refractivity contribution in [3.8, 4) is 0 Å². The number of rotatable bonds is 1. The highest BCUT2D eigenvalue weighted by molar-refractivity contribution is 6.23. The van der Waals surface area contributed by atoms with Crippen LogP contribution in [0.25, 0.3) is 0 Å². The lowest BCUT2D eigenvalue weighted by Crippen LogP contribution is -2.49. The Bertz CT molecular complexity index is 575. The first kappa shape index (κ1) is 12.8. The summed E-state index contributed by atoms with van der Waals surface area (Å²) in [5.74, 6) is -0.575. The van der Waals surface area contributed by atoms with Crippen LogP contribution < -0.4 is 0 Å². The highest BCUT2D eigenvalue weighted by Crippen LogP contribution is 2.64. The zero-order chi connectivity index (χ0) is 14.2. The molecule has 0 saturated heterocycles. The van der Waals surface area contributed by atoms with E-state index in [0.29, 0.717) is 11.1 Å². The van der Waals surface area contributed by atoms with E-state index in [2.05, 4.69) is 0 Å². The van der Waals surface area contributed by atoms with Crippen LogP contribution >= 0.6 is 0 Å². The van der Waals surface area contributed by atoms with Gasteiger partial charge >= 0.3 is 0 Å². The van der Waals surface area contributed by atoms with Gasteiger partial charge in [-0.15, -0.1) is 0 Å². The minimum Gasteiger partial charge on any atom is -0.395 e. The molecule has 4 nitrogen and oxygen atoms in total. The second kappa shape index (κ2) is 3.25. The van der Waals surface area contributed by atoms with Gasteiger partial charge in [0.2, 0.25) is 0 Å². The Kier molecular flexibility index (Phi) is 2.18. The number of aliphatic hydroxyl groups excluding tert-OH is 1. The van der Waals surface area contributed by atoms with Gasteiger partial charge in [0.25, 0.3) is 0 Å². The van der Waals surface area contributed by atoms with E-state index in [1.165, 1.54) is 6.08 Å². The molecule has 0 aromatic rings. The minimum absolute atomic E-state index is 0.197. The molecule has 1 fully saturated rings. The lowest BCUT2D eigenvalue weighted by atomic mass is 9.68. The average molecular weight is 262 g/mol. The quantitative estimate of drug-likeness (QED) is 0.737. The molecule has 1 spiro atoms. The molecule has 0 unspecified atom stereocenters. The number of aliphatic hydroxyl groups is 2. The first-order chi connectivity index (χ1) is 8.71. The van der Waals surface area contributed by atoms with E-state index in [9.17, 15) is 19.8 Å². The van der Waals surface area contributed by atoms with Crippen molar-refractivity contribution in [2.75, 3.05) is 6.61 Å². The zero-order valence-electron chi connectivity index (χ0n) is 11.4. The van der Waals surface area contributed by atoms with Crippen LogP contribution in [0.5, 0.6) is 0 Å². The standard InChI is InChI=1S/C15H18O4/c1-8-10-9(6-13(2,7-16)12(10)18)11(17)14(3,19)15(8)4-5-15/h6,16,19H,4-5,7H2,1-3H3/t13-,14-/m0/s1. The van der Waals surface area contributed by atoms with Gasteiger partial charge in [-0.1, -0.05) is 11.6 Å². The number of hydrogen-bond acceptors (Lipinski definition) is 4. The lowest BCUT2D eigenvalue weighted by molar-refractivity contribution is -0.138. The molecule has 0 bridgehead atoms. The Morgan fingerprint density at radius 1 is 1.21 bits per heavy atom. The molecule has 0 radical (unpaired) electrons. The summed E-state index contributed by atoms with van der Waals surface area (Å²) in [4.78, 5) is 25.0. The Morgan fingerprint density at radius 3 is 2.26 bits per heavy atom. The van der Waals surface area contributed by atoms with Gasteiger partial charge in [-0.2, -0.15) is 0 Å². The number of carbonyl (C=O) groups excluding carboxylic acids is 2. The molecule has 0 aliphatic heterocycles. The van der Waals surface area contributed by atoms with Gasteiger partial charge in [-0.3, -0.25) is 9.59 Å². The van der Waals surface area contributed by atoms with Crippen LogP contribution in [-0.2, 0) is 9.59 Å². The molecule has 0 aromatic carbocycles. The molecule has 0 aromatic heterocycles. The van der Waals surface area contributed by atoms with Crippen LogP contribution in [0.1, 0.15) is 33.6 Å². The number of fused-ring (bicyclic) bond motifs is 1. The van der Waals surface area contributed by atoms with Crippen LogP contribution in [0, 0.1) is 10.8 Å². The van der Waals surface area contributed by atoms with Gasteiger partial charge in [-0.25, -0.2) is 0 Å². The third-order valence-corrected chi connectivity index (χ3v) is 5.27. The van der Waals surface area contributed by atoms with Gasteiger partial charge in [-0.05, 0) is 33.6 Å². The van der Waals surface area contributed by atoms with E-state index in [0.717, 1.165) is 18.4 Å². The Morgan fingerprint density at radius 2 is 1.79 bits per heavy atom. The molecule has 2 N–H and O–H groups in total. The molecule has 4 heteroatoms. The lowest BCUT2D eigenvalue weighted by Gasteiger charge is -2.38. The Hall–Kier alpha value is -1.26. The van der Waals surface area contributed by atoms with Gasteiger partial charge in [0.1, 0.15) is 5.60 Å². The summed E-state index contributed by atoms with van der Waals surface area (Å²) < 4.78 is 0. The smallest absolute Gasteiger partial charge is 0.195 e. The number of allylic oxidation sites excluding steroid dienone is 1. The molecule has 3 aliphatic carbocycles. The molecule has 0 amide bonds. The fourth-order valence-electron chi connectivity index (χ4n) is 3.60. The van der Waals surface area contributed by atoms with E-state index in [1.807, 2.05) is 6.92 Å². The molecule has 19 heavy (non-hydrogen) atoms. The summed E-state index contributed by atoms with van der Waals surface area (Å²) >= 11 is 0. The van der Waals surface area contributed by atoms with Crippen molar-refractivity contribution < 1.29 is 19.8 Å². The normalized spacial score (nSPS) is 39.7. The van der Waals surface area contributed by atoms with Crippen LogP contribution in [-0.4, -0.2) is 34.0 Å². The molecule has 3 aliphatic rings. The van der Waals surface area contributed by atoms with E-state index < -0.39 is 16.4 Å². The molecule has 3 rings (SSSR count). The highest BCUT2D eigenvalue weighted by atomic mass is 16.3. The predicted molar refractivity (Wildman–Crippen MR) is 68.3 cm³/mol. The molecule has 0 heterocycles. The Labute approximate surface area is 111 Å². The van der Waals surface area contributed by atoms with Gasteiger partial charge in [0.05, 0.1) is 12.0 Å². The predicted octanol–water partition coefficient (Wildman–Crippen LogP) is 0.924. The fraction of sp³-hybridized carbons (Fsp3) is 0.600. The molecular weight excluding hydrogens is 244 g/mol. The molecular formula is C15H18O4. The molecule has 2 atom stereocenters. The fourth-order valence-corrected chi connectivity index (χ4v) is 3.60. The second-order valence-electron chi connectivity index (χ2n) is 6.45. The number of carbonyl (C=O) groups is 2. The van der Waals surface area contributed by atoms with E-state index in [4.69, 9.17) is 0 Å². The Balaban J connectivity index is 2.28. The maximum Gasteiger partial charge on any atom is 0.195 e. The highest BCUT2D eigenvalue weighted by Gasteiger charge is 2.66. The first-order valence-electron chi connectivity index (χ1n) is 6.59. The van der Waals surface area contributed by atoms with Crippen molar-refractivity contribution in [2.45, 2.75) is 39.2 Å². The summed E-state index contributed by atoms with van der Waals surface area (Å²) in [5.41, 5.74) is -1.49. The van der Waals surface area contributed by atoms with Crippen LogP contribution in [0.15, 0.2) is 22.8 Å². The summed E-state index contributed by atoms with van der Waals surface area (Å²) in [6, 6.07) is 0. The summed E-state index contributed by atoms with van der Waals surface area (Å²) in [7, 11) is 0. The van der Waals surface area contributed by atoms with Crippen molar-refractivity contribution in [3.05, 3.63) is 22.8 Å². The van der Waals surface area contributed by atoms with E-state index in [-0.39, 0.29) is 18.2 Å². The number of ketones is 2. The maximum atomic E-state index is 12.5. The van der Waals surface area contributed by atoms with Crippen molar-refractivity contribution in [1.29, 1.82) is 0 Å². The largest absolute Gasteiger partial charge is 0.395 e. The van der Waals surface area contributed by atoms with Gasteiger partial charge in [0, 0.05) is 16.6 Å². The van der Waals surface area contributed by atoms with Crippen LogP contribution in [0.3, 0.4) is 0 Å². The third kappa shape index (κ3) is 1.21. The summed E-state index contributed by atoms with van der Waals surface area (Å²) in [5, 5.41) is 20.0. The molecule has 1 saturated carbocycles. The van der Waals surface area contributed by atoms with E-state index in [1.54, 1.807) is 13.8 Å². The molecule has 102 valence electrons. The van der Waals surface area contributed by atoms with Crippen LogP contribution in [0.4, 0.5) is 0 Å². The zero-order valence-corrected chi connectivity index (χ0v) is 11.4. The van der Waals surface area contributed by atoms with Crippen molar-refractivity contribution >= 4 is 11.6 Å². The topological polar surface area (TPSA) is 74.6 Å². The second-order valence-corrected chi connectivity index (χ2v) is 6.45. The van der Waals surface area contributed by atoms with Gasteiger partial charge in [0.15, 0.2) is 11.6 Å². The monoisotopic (exact) mass is 262 g/mol. The summed E-state index contributed by atoms with van der Waals surface area (Å²) in [6.45, 7) is 4.68. The minimum atomic E-state index is -1.44. The first-order valence-corrected chi connectivity index (χ1v) is 6.59. The van der Waals surface area contributed by atoms with Crippen molar-refractivity contribution in [3.63, 3.8) is 0 Å². The number of hydrogen-bond donors (Lipinski definition) is 2. The van der Waals surface area contributed by atoms with Crippen molar-refractivity contribution in [1.82, 2.24) is 0 Å². The van der Waals surface area contributed by atoms with E-state index >= 15 is 0 Å². The average Bonchev–Trinajstić information content (AvgIpc) is 3.12.